The minimum absolute atomic E-state index is 0.253. The number of anilines is 3. The molecular formula is C28H26FN3O3S. The van der Waals surface area contributed by atoms with E-state index in [0.29, 0.717) is 27.5 Å². The van der Waals surface area contributed by atoms with E-state index in [1.54, 1.807) is 54.6 Å². The summed E-state index contributed by atoms with van der Waals surface area (Å²) in [5.74, 6) is -0.673. The van der Waals surface area contributed by atoms with Crippen LogP contribution in [0.5, 0.6) is 0 Å². The van der Waals surface area contributed by atoms with Crippen molar-refractivity contribution in [3.8, 4) is 0 Å². The quantitative estimate of drug-likeness (QED) is 0.269. The van der Waals surface area contributed by atoms with Gasteiger partial charge < -0.3 is 15.4 Å². The predicted octanol–water partition coefficient (Wildman–Crippen LogP) is 6.16. The Morgan fingerprint density at radius 2 is 1.47 bits per heavy atom. The molecule has 36 heavy (non-hydrogen) atoms. The van der Waals surface area contributed by atoms with Crippen LogP contribution >= 0.6 is 0 Å². The summed E-state index contributed by atoms with van der Waals surface area (Å²) in [5.41, 5.74) is 1.04. The number of fused-ring (bicyclic) bond motifs is 1. The summed E-state index contributed by atoms with van der Waals surface area (Å²) in [4.78, 5) is 25.5. The van der Waals surface area contributed by atoms with Gasteiger partial charge in [-0.2, -0.15) is 0 Å². The molecule has 4 rings (SSSR count). The second kappa shape index (κ2) is 10.7. The van der Waals surface area contributed by atoms with E-state index < -0.39 is 29.0 Å². The molecule has 0 aliphatic carbocycles. The summed E-state index contributed by atoms with van der Waals surface area (Å²) >= 11 is 0. The van der Waals surface area contributed by atoms with Crippen LogP contribution in [0, 0.1) is 5.41 Å². The Kier molecular flexibility index (Phi) is 7.45. The largest absolute Gasteiger partial charge is 0.326 e. The number of carbonyl (C=O) groups excluding carboxylic acids is 2. The monoisotopic (exact) mass is 503 g/mol. The van der Waals surface area contributed by atoms with E-state index in [-0.39, 0.29) is 5.91 Å². The molecule has 0 spiro atoms. The number of hydrogen-bond donors (Lipinski definition) is 3. The lowest BCUT2D eigenvalue weighted by Crippen LogP contribution is -2.32. The molecule has 2 amide bonds. The van der Waals surface area contributed by atoms with Crippen LogP contribution in [0.25, 0.3) is 10.8 Å². The summed E-state index contributed by atoms with van der Waals surface area (Å²) in [6.07, 6.45) is 0. The maximum atomic E-state index is 13.0. The predicted molar refractivity (Wildman–Crippen MR) is 143 cm³/mol. The topological polar surface area (TPSA) is 87.3 Å². The number of benzene rings is 4. The fourth-order valence-electron chi connectivity index (χ4n) is 3.46. The Bertz CT molecular complexity index is 1430. The number of rotatable bonds is 8. The highest BCUT2D eigenvalue weighted by Gasteiger charge is 2.27. The lowest BCUT2D eigenvalue weighted by molar-refractivity contribution is -0.124. The molecule has 0 aromatic heterocycles. The minimum atomic E-state index is -1.60. The summed E-state index contributed by atoms with van der Waals surface area (Å²) in [5, 5.41) is 7.38. The molecule has 8 heteroatoms. The van der Waals surface area contributed by atoms with Gasteiger partial charge in [-0.25, -0.2) is 8.60 Å². The van der Waals surface area contributed by atoms with E-state index in [1.807, 2.05) is 36.4 Å². The van der Waals surface area contributed by atoms with Crippen molar-refractivity contribution in [2.75, 3.05) is 22.0 Å². The molecule has 3 N–H and O–H groups in total. The maximum absolute atomic E-state index is 13.0. The van der Waals surface area contributed by atoms with Gasteiger partial charge in [0, 0.05) is 22.6 Å². The normalized spacial score (nSPS) is 12.1. The van der Waals surface area contributed by atoms with Gasteiger partial charge in [0.05, 0.1) is 10.3 Å². The highest BCUT2D eigenvalue weighted by molar-refractivity contribution is 7.86. The Morgan fingerprint density at radius 3 is 2.22 bits per heavy atom. The van der Waals surface area contributed by atoms with E-state index in [4.69, 9.17) is 0 Å². The zero-order valence-electron chi connectivity index (χ0n) is 19.9. The van der Waals surface area contributed by atoms with Gasteiger partial charge in [-0.05, 0) is 73.2 Å². The number of carbonyl (C=O) groups is 2. The molecule has 4 aromatic carbocycles. The molecule has 1 unspecified atom stereocenters. The fraction of sp³-hybridized carbons (Fsp3) is 0.143. The van der Waals surface area contributed by atoms with Crippen molar-refractivity contribution >= 4 is 50.6 Å². The summed E-state index contributed by atoms with van der Waals surface area (Å²) < 4.78 is 28.8. The summed E-state index contributed by atoms with van der Waals surface area (Å²) in [6.45, 7) is 2.29. The van der Waals surface area contributed by atoms with Crippen molar-refractivity contribution in [3.63, 3.8) is 0 Å². The van der Waals surface area contributed by atoms with E-state index >= 15 is 0 Å². The first kappa shape index (κ1) is 25.1. The van der Waals surface area contributed by atoms with Crippen LogP contribution in [0.3, 0.4) is 0 Å². The Balaban J connectivity index is 1.42. The van der Waals surface area contributed by atoms with Gasteiger partial charge in [0.2, 0.25) is 5.91 Å². The lowest BCUT2D eigenvalue weighted by Gasteiger charge is -2.19. The van der Waals surface area contributed by atoms with Crippen molar-refractivity contribution in [2.45, 2.75) is 18.7 Å². The Morgan fingerprint density at radius 1 is 0.806 bits per heavy atom. The van der Waals surface area contributed by atoms with Crippen LogP contribution < -0.4 is 15.4 Å². The average Bonchev–Trinajstić information content (AvgIpc) is 2.89. The number of halogens is 1. The van der Waals surface area contributed by atoms with Crippen LogP contribution in [0.15, 0.2) is 95.9 Å². The Labute approximate surface area is 211 Å². The third kappa shape index (κ3) is 5.78. The van der Waals surface area contributed by atoms with Gasteiger partial charge >= 0.3 is 0 Å². The molecule has 0 aliphatic heterocycles. The van der Waals surface area contributed by atoms with E-state index in [1.165, 1.54) is 13.8 Å². The third-order valence-corrected chi connectivity index (χ3v) is 6.75. The van der Waals surface area contributed by atoms with Crippen molar-refractivity contribution in [1.29, 1.82) is 0 Å². The zero-order valence-corrected chi connectivity index (χ0v) is 20.7. The van der Waals surface area contributed by atoms with Gasteiger partial charge in [0.25, 0.3) is 5.91 Å². The van der Waals surface area contributed by atoms with Crippen molar-refractivity contribution in [1.82, 2.24) is 0 Å². The van der Waals surface area contributed by atoms with Gasteiger partial charge in [0.1, 0.15) is 17.7 Å². The third-order valence-electron chi connectivity index (χ3n) is 5.64. The van der Waals surface area contributed by atoms with Crippen LogP contribution in [-0.4, -0.2) is 22.7 Å². The number of hydrogen-bond acceptors (Lipinski definition) is 3. The van der Waals surface area contributed by atoms with Crippen molar-refractivity contribution in [2.24, 2.45) is 5.41 Å². The maximum Gasteiger partial charge on any atom is 0.256 e. The lowest BCUT2D eigenvalue weighted by atomic mass is 9.94. The molecule has 0 heterocycles. The van der Waals surface area contributed by atoms with Crippen LogP contribution in [0.4, 0.5) is 21.5 Å². The van der Waals surface area contributed by atoms with Gasteiger partial charge in [-0.1, -0.05) is 42.5 Å². The summed E-state index contributed by atoms with van der Waals surface area (Å²) in [7, 11) is -1.60. The summed E-state index contributed by atoms with van der Waals surface area (Å²) in [6, 6.07) is 26.7. The molecule has 0 fully saturated rings. The molecule has 6 nitrogen and oxygen atoms in total. The Hall–Kier alpha value is -4.04. The molecule has 184 valence electrons. The van der Waals surface area contributed by atoms with Crippen molar-refractivity contribution in [3.05, 3.63) is 96.6 Å². The molecule has 0 saturated heterocycles. The standard InChI is InChI=1S/C28H26FN3O3S/c1-28(2,18-29)27(34)31-20-13-15-21(16-14-20)32-36(35)23-10-6-9-22(17-23)30-26(33)25-12-5-8-19-7-3-4-11-24(19)25/h3-17,32H,18H2,1-2H3,(H,30,33)(H,31,34). The number of alkyl halides is 1. The fourth-order valence-corrected chi connectivity index (χ4v) is 4.36. The molecule has 0 bridgehead atoms. The van der Waals surface area contributed by atoms with Crippen molar-refractivity contribution < 1.29 is 18.2 Å². The molecule has 0 radical (unpaired) electrons. The van der Waals surface area contributed by atoms with Gasteiger partial charge in [-0.15, -0.1) is 0 Å². The van der Waals surface area contributed by atoms with E-state index in [2.05, 4.69) is 15.4 Å². The molecule has 0 aliphatic rings. The van der Waals surface area contributed by atoms with Gasteiger partial charge in [0.15, 0.2) is 0 Å². The number of nitrogens with one attached hydrogen (secondary N) is 3. The minimum Gasteiger partial charge on any atom is -0.326 e. The smallest absolute Gasteiger partial charge is 0.256 e. The first-order valence-electron chi connectivity index (χ1n) is 11.3. The molecular weight excluding hydrogens is 477 g/mol. The molecule has 0 saturated carbocycles. The highest BCUT2D eigenvalue weighted by atomic mass is 32.2. The second-order valence-electron chi connectivity index (χ2n) is 8.93. The van der Waals surface area contributed by atoms with Crippen LogP contribution in [0.2, 0.25) is 0 Å². The van der Waals surface area contributed by atoms with Gasteiger partial charge in [-0.3, -0.25) is 9.59 Å². The highest BCUT2D eigenvalue weighted by Crippen LogP contribution is 2.23. The SMILES string of the molecule is CC(C)(CF)C(=O)Nc1ccc(NS(=O)c2cccc(NC(=O)c3cccc4ccccc34)c2)cc1. The number of amides is 2. The second-order valence-corrected chi connectivity index (χ2v) is 10.1. The first-order chi connectivity index (χ1) is 17.3. The van der Waals surface area contributed by atoms with Crippen LogP contribution in [0.1, 0.15) is 24.2 Å². The molecule has 1 atom stereocenters. The van der Waals surface area contributed by atoms with Crippen LogP contribution in [-0.2, 0) is 15.8 Å². The van der Waals surface area contributed by atoms with E-state index in [0.717, 1.165) is 10.8 Å². The molecule has 4 aromatic rings. The van der Waals surface area contributed by atoms with E-state index in [9.17, 15) is 18.2 Å². The zero-order chi connectivity index (χ0) is 25.7. The average molecular weight is 504 g/mol. The first-order valence-corrected chi connectivity index (χ1v) is 12.5.